The smallest absolute Gasteiger partial charge is 0.332 e. The summed E-state index contributed by atoms with van der Waals surface area (Å²) in [7, 11) is -3.41. The van der Waals surface area contributed by atoms with Gasteiger partial charge in [-0.05, 0) is 25.5 Å². The minimum absolute atomic E-state index is 0.417. The fraction of sp³-hybridized carbons (Fsp3) is 0.333. The zero-order valence-electron chi connectivity index (χ0n) is 5.79. The van der Waals surface area contributed by atoms with Crippen LogP contribution < -0.4 is 0 Å². The van der Waals surface area contributed by atoms with E-state index in [1.54, 1.807) is 19.9 Å². The molecule has 0 unspecified atom stereocenters. The molecule has 10 heavy (non-hydrogen) atoms. The number of rotatable bonds is 0. The van der Waals surface area contributed by atoms with Gasteiger partial charge >= 0.3 is 10.1 Å². The molecule has 0 radical (unpaired) electrons. The number of allylic oxidation sites excluding steroid dienone is 3. The summed E-state index contributed by atoms with van der Waals surface area (Å²) in [4.78, 5) is 0. The van der Waals surface area contributed by atoms with Crippen LogP contribution in [0.4, 0.5) is 0 Å². The number of hydrogen-bond acceptors (Lipinski definition) is 3. The lowest BCUT2D eigenvalue weighted by atomic mass is 10.3. The summed E-state index contributed by atoms with van der Waals surface area (Å²) in [6.07, 6.45) is 1.67. The van der Waals surface area contributed by atoms with Gasteiger partial charge in [0.15, 0.2) is 0 Å². The van der Waals surface area contributed by atoms with Crippen LogP contribution in [0.5, 0.6) is 0 Å². The first-order valence-corrected chi connectivity index (χ1v) is 4.28. The Kier molecular flexibility index (Phi) is 1.56. The average molecular weight is 160 g/mol. The lowest BCUT2D eigenvalue weighted by molar-refractivity contribution is 0.413. The maximum Gasteiger partial charge on any atom is 0.332 e. The Bertz CT molecular complexity index is 295. The van der Waals surface area contributed by atoms with Gasteiger partial charge in [-0.3, -0.25) is 0 Å². The second-order valence-corrected chi connectivity index (χ2v) is 3.58. The quantitative estimate of drug-likeness (QED) is 0.499. The molecule has 0 aromatic heterocycles. The Hall–Kier alpha value is -0.770. The van der Waals surface area contributed by atoms with Crippen LogP contribution in [0.25, 0.3) is 0 Å². The third-order valence-electron chi connectivity index (χ3n) is 1.01. The molecule has 3 nitrogen and oxygen atoms in total. The van der Waals surface area contributed by atoms with Gasteiger partial charge < -0.3 is 4.18 Å². The lowest BCUT2D eigenvalue weighted by Gasteiger charge is -2.08. The summed E-state index contributed by atoms with van der Waals surface area (Å²) < 4.78 is 26.0. The summed E-state index contributed by atoms with van der Waals surface area (Å²) in [6, 6.07) is 0. The molecule has 1 aliphatic rings. The molecule has 0 saturated heterocycles. The van der Waals surface area contributed by atoms with Crippen molar-refractivity contribution in [3.8, 4) is 0 Å². The molecule has 0 atom stereocenters. The second-order valence-electron chi connectivity index (χ2n) is 2.19. The first-order chi connectivity index (χ1) is 4.49. The van der Waals surface area contributed by atoms with Crippen LogP contribution in [0.15, 0.2) is 22.8 Å². The maximum atomic E-state index is 10.7. The summed E-state index contributed by atoms with van der Waals surface area (Å²) in [5, 5.41) is 1.10. The molecule has 0 saturated carbocycles. The van der Waals surface area contributed by atoms with E-state index < -0.39 is 10.1 Å². The fourth-order valence-electron chi connectivity index (χ4n) is 0.814. The first-order valence-electron chi connectivity index (χ1n) is 2.81. The highest BCUT2D eigenvalue weighted by Gasteiger charge is 2.12. The minimum Gasteiger partial charge on any atom is -0.384 e. The standard InChI is InChI=1S/C6H8O3S/c1-5-3-6(2)9-10(7,8)4-5/h3-4H,1-2H3. The van der Waals surface area contributed by atoms with Gasteiger partial charge in [-0.1, -0.05) is 0 Å². The normalized spacial score (nSPS) is 22.6. The van der Waals surface area contributed by atoms with Gasteiger partial charge in [-0.25, -0.2) is 0 Å². The van der Waals surface area contributed by atoms with Gasteiger partial charge in [0.2, 0.25) is 0 Å². The van der Waals surface area contributed by atoms with Crippen molar-refractivity contribution in [3.05, 3.63) is 22.8 Å². The van der Waals surface area contributed by atoms with Crippen molar-refractivity contribution in [2.45, 2.75) is 13.8 Å². The molecule has 0 spiro atoms. The van der Waals surface area contributed by atoms with Crippen LogP contribution in [0.3, 0.4) is 0 Å². The van der Waals surface area contributed by atoms with E-state index in [4.69, 9.17) is 0 Å². The van der Waals surface area contributed by atoms with E-state index in [1.165, 1.54) is 0 Å². The molecule has 0 aromatic carbocycles. The highest BCUT2D eigenvalue weighted by Crippen LogP contribution is 2.15. The minimum atomic E-state index is -3.41. The molecular formula is C6H8O3S. The molecule has 0 bridgehead atoms. The Morgan fingerprint density at radius 1 is 1.40 bits per heavy atom. The van der Waals surface area contributed by atoms with E-state index in [2.05, 4.69) is 4.18 Å². The van der Waals surface area contributed by atoms with Crippen LogP contribution >= 0.6 is 0 Å². The molecule has 56 valence electrons. The highest BCUT2D eigenvalue weighted by atomic mass is 32.2. The molecule has 0 aromatic rings. The molecule has 0 amide bonds. The largest absolute Gasteiger partial charge is 0.384 e. The summed E-state index contributed by atoms with van der Waals surface area (Å²) in [6.45, 7) is 3.32. The predicted octanol–water partition coefficient (Wildman–Crippen LogP) is 1.15. The SMILES string of the molecule is CC1=CS(=O)(=O)OC(C)=C1. The third-order valence-corrected chi connectivity index (χ3v) is 2.16. The van der Waals surface area contributed by atoms with E-state index in [0.717, 1.165) is 5.41 Å². The summed E-state index contributed by atoms with van der Waals surface area (Å²) in [5.74, 6) is 0.417. The Morgan fingerprint density at radius 3 is 2.40 bits per heavy atom. The predicted molar refractivity (Wildman–Crippen MR) is 37.5 cm³/mol. The van der Waals surface area contributed by atoms with E-state index in [1.807, 2.05) is 0 Å². The Morgan fingerprint density at radius 2 is 2.00 bits per heavy atom. The topological polar surface area (TPSA) is 43.4 Å². The van der Waals surface area contributed by atoms with Gasteiger partial charge in [0.1, 0.15) is 5.76 Å². The molecule has 0 aliphatic carbocycles. The van der Waals surface area contributed by atoms with Crippen LogP contribution in [0, 0.1) is 0 Å². The van der Waals surface area contributed by atoms with Gasteiger partial charge in [-0.2, -0.15) is 8.42 Å². The average Bonchev–Trinajstić information content (AvgIpc) is 1.54. The zero-order chi connectivity index (χ0) is 7.78. The van der Waals surface area contributed by atoms with Crippen molar-refractivity contribution in [1.29, 1.82) is 0 Å². The Labute approximate surface area is 60.1 Å². The highest BCUT2D eigenvalue weighted by molar-refractivity contribution is 7.89. The van der Waals surface area contributed by atoms with Crippen molar-refractivity contribution >= 4 is 10.1 Å². The maximum absolute atomic E-state index is 10.7. The lowest BCUT2D eigenvalue weighted by Crippen LogP contribution is -2.04. The van der Waals surface area contributed by atoms with Crippen molar-refractivity contribution in [2.24, 2.45) is 0 Å². The van der Waals surface area contributed by atoms with Gasteiger partial charge in [0.05, 0.1) is 5.41 Å². The molecule has 0 fully saturated rings. The zero-order valence-corrected chi connectivity index (χ0v) is 6.60. The van der Waals surface area contributed by atoms with Crippen molar-refractivity contribution < 1.29 is 12.6 Å². The first kappa shape index (κ1) is 7.34. The number of hydrogen-bond donors (Lipinski definition) is 0. The van der Waals surface area contributed by atoms with Crippen molar-refractivity contribution in [2.75, 3.05) is 0 Å². The Balaban J connectivity index is 3.11. The summed E-state index contributed by atoms with van der Waals surface area (Å²) in [5.41, 5.74) is 0.698. The van der Waals surface area contributed by atoms with Gasteiger partial charge in [0, 0.05) is 0 Å². The molecule has 1 rings (SSSR count). The van der Waals surface area contributed by atoms with E-state index >= 15 is 0 Å². The van der Waals surface area contributed by atoms with E-state index in [0.29, 0.717) is 11.3 Å². The van der Waals surface area contributed by atoms with Crippen molar-refractivity contribution in [3.63, 3.8) is 0 Å². The third kappa shape index (κ3) is 1.60. The van der Waals surface area contributed by atoms with Gasteiger partial charge in [-0.15, -0.1) is 0 Å². The van der Waals surface area contributed by atoms with Crippen molar-refractivity contribution in [1.82, 2.24) is 0 Å². The van der Waals surface area contributed by atoms with Gasteiger partial charge in [0.25, 0.3) is 0 Å². The van der Waals surface area contributed by atoms with E-state index in [9.17, 15) is 8.42 Å². The van der Waals surface area contributed by atoms with E-state index in [-0.39, 0.29) is 0 Å². The molecular weight excluding hydrogens is 152 g/mol. The summed E-state index contributed by atoms with van der Waals surface area (Å²) >= 11 is 0. The van der Waals surface area contributed by atoms with Crippen LogP contribution in [0.2, 0.25) is 0 Å². The van der Waals surface area contributed by atoms with Crippen LogP contribution in [-0.4, -0.2) is 8.42 Å². The van der Waals surface area contributed by atoms with Crippen LogP contribution in [0.1, 0.15) is 13.8 Å². The molecule has 1 heterocycles. The molecule has 4 heteroatoms. The second kappa shape index (κ2) is 2.12. The molecule has 1 aliphatic heterocycles. The fourth-order valence-corrected chi connectivity index (χ4v) is 1.80. The molecule has 0 N–H and O–H groups in total. The van der Waals surface area contributed by atoms with Crippen LogP contribution in [-0.2, 0) is 14.3 Å². The monoisotopic (exact) mass is 160 g/mol.